The molecule has 0 saturated heterocycles. The highest BCUT2D eigenvalue weighted by Gasteiger charge is 2.56. The first-order valence-corrected chi connectivity index (χ1v) is 8.66. The lowest BCUT2D eigenvalue weighted by Crippen LogP contribution is -2.64. The molecule has 1 aromatic carbocycles. The first-order valence-electron chi connectivity index (χ1n) is 8.66. The molecule has 3 unspecified atom stereocenters. The fourth-order valence-corrected chi connectivity index (χ4v) is 4.49. The van der Waals surface area contributed by atoms with Crippen molar-refractivity contribution in [3.63, 3.8) is 0 Å². The number of hydrogen-bond acceptors (Lipinski definition) is 2. The Hall–Kier alpha value is -0.860. The summed E-state index contributed by atoms with van der Waals surface area (Å²) in [7, 11) is 0. The molecular weight excluding hydrogens is 258 g/mol. The summed E-state index contributed by atoms with van der Waals surface area (Å²) in [4.78, 5) is 0. The van der Waals surface area contributed by atoms with Crippen molar-refractivity contribution in [2.75, 3.05) is 6.61 Å². The Morgan fingerprint density at radius 3 is 2.62 bits per heavy atom. The summed E-state index contributed by atoms with van der Waals surface area (Å²) < 4.78 is 6.01. The lowest BCUT2D eigenvalue weighted by atomic mass is 9.60. The number of benzene rings is 1. The molecule has 0 bridgehead atoms. The Kier molecular flexibility index (Phi) is 4.66. The van der Waals surface area contributed by atoms with E-state index >= 15 is 0 Å². The minimum Gasteiger partial charge on any atom is -0.378 e. The molecule has 1 aromatic rings. The highest BCUT2D eigenvalue weighted by atomic mass is 16.5. The van der Waals surface area contributed by atoms with Gasteiger partial charge in [-0.2, -0.15) is 0 Å². The number of hydrogen-bond donors (Lipinski definition) is 1. The lowest BCUT2D eigenvalue weighted by molar-refractivity contribution is -0.132. The maximum atomic E-state index is 6.01. The average Bonchev–Trinajstić information content (AvgIpc) is 3.00. The monoisotopic (exact) mass is 287 g/mol. The van der Waals surface area contributed by atoms with Crippen molar-refractivity contribution in [1.29, 1.82) is 0 Å². The molecule has 0 heterocycles. The topological polar surface area (TPSA) is 21.3 Å². The van der Waals surface area contributed by atoms with Gasteiger partial charge in [0, 0.05) is 24.1 Å². The van der Waals surface area contributed by atoms with Gasteiger partial charge in [-0.3, -0.25) is 0 Å². The van der Waals surface area contributed by atoms with E-state index in [0.29, 0.717) is 23.6 Å². The van der Waals surface area contributed by atoms with E-state index in [1.54, 1.807) is 0 Å². The Morgan fingerprint density at radius 1 is 1.24 bits per heavy atom. The van der Waals surface area contributed by atoms with Gasteiger partial charge in [0.1, 0.15) is 0 Å². The molecule has 21 heavy (non-hydrogen) atoms. The van der Waals surface area contributed by atoms with E-state index in [1.165, 1.54) is 37.7 Å². The van der Waals surface area contributed by atoms with Crippen LogP contribution in [0.15, 0.2) is 30.3 Å². The molecule has 0 aromatic heterocycles. The highest BCUT2D eigenvalue weighted by Crippen LogP contribution is 2.54. The van der Waals surface area contributed by atoms with Crippen LogP contribution in [0.5, 0.6) is 0 Å². The van der Waals surface area contributed by atoms with Crippen LogP contribution < -0.4 is 5.32 Å². The minimum atomic E-state index is 0.445. The molecule has 1 spiro atoms. The molecule has 0 aliphatic heterocycles. The fraction of sp³-hybridized carbons (Fsp3) is 0.684. The Morgan fingerprint density at radius 2 is 1.95 bits per heavy atom. The van der Waals surface area contributed by atoms with Gasteiger partial charge < -0.3 is 10.1 Å². The average molecular weight is 287 g/mol. The van der Waals surface area contributed by atoms with Crippen LogP contribution in [0.4, 0.5) is 0 Å². The standard InChI is InChI=1S/C19H29NO/c1-3-21-18-14-17(19(18)11-7-8-12-19)20-15(2)13-16-9-5-4-6-10-16/h4-6,9-10,15,17-18,20H,3,7-8,11-14H2,1-2H3. The number of nitrogens with one attached hydrogen (secondary N) is 1. The fourth-order valence-electron chi connectivity index (χ4n) is 4.49. The van der Waals surface area contributed by atoms with Crippen LogP contribution in [-0.2, 0) is 11.2 Å². The quantitative estimate of drug-likeness (QED) is 0.855. The maximum absolute atomic E-state index is 6.01. The Bertz CT molecular complexity index is 438. The first kappa shape index (κ1) is 15.1. The van der Waals surface area contributed by atoms with E-state index in [0.717, 1.165) is 13.0 Å². The molecule has 116 valence electrons. The van der Waals surface area contributed by atoms with Gasteiger partial charge in [-0.25, -0.2) is 0 Å². The largest absolute Gasteiger partial charge is 0.378 e. The normalized spacial score (nSPS) is 28.5. The second kappa shape index (κ2) is 6.50. The third-order valence-electron chi connectivity index (χ3n) is 5.56. The zero-order valence-electron chi connectivity index (χ0n) is 13.5. The zero-order valence-corrected chi connectivity index (χ0v) is 13.5. The molecular formula is C19H29NO. The van der Waals surface area contributed by atoms with E-state index in [1.807, 2.05) is 0 Å². The smallest absolute Gasteiger partial charge is 0.0661 e. The number of ether oxygens (including phenoxy) is 1. The van der Waals surface area contributed by atoms with Gasteiger partial charge in [0.2, 0.25) is 0 Å². The van der Waals surface area contributed by atoms with Crippen molar-refractivity contribution in [3.05, 3.63) is 35.9 Å². The molecule has 2 saturated carbocycles. The van der Waals surface area contributed by atoms with Gasteiger partial charge in [0.25, 0.3) is 0 Å². The minimum absolute atomic E-state index is 0.445. The predicted octanol–water partition coefficient (Wildman–Crippen LogP) is 3.95. The zero-order chi connectivity index (χ0) is 14.7. The summed E-state index contributed by atoms with van der Waals surface area (Å²) in [5.74, 6) is 0. The third-order valence-corrected chi connectivity index (χ3v) is 5.56. The molecule has 1 N–H and O–H groups in total. The van der Waals surface area contributed by atoms with E-state index in [9.17, 15) is 0 Å². The molecule has 0 amide bonds. The second-order valence-electron chi connectivity index (χ2n) is 6.93. The van der Waals surface area contributed by atoms with Gasteiger partial charge in [-0.15, -0.1) is 0 Å². The predicted molar refractivity (Wildman–Crippen MR) is 87.5 cm³/mol. The Balaban J connectivity index is 1.57. The summed E-state index contributed by atoms with van der Waals surface area (Å²) >= 11 is 0. The molecule has 2 aliphatic carbocycles. The van der Waals surface area contributed by atoms with Crippen molar-refractivity contribution in [2.45, 2.75) is 70.6 Å². The molecule has 2 aliphatic rings. The van der Waals surface area contributed by atoms with Gasteiger partial charge >= 0.3 is 0 Å². The van der Waals surface area contributed by atoms with Crippen molar-refractivity contribution >= 4 is 0 Å². The third kappa shape index (κ3) is 3.02. The van der Waals surface area contributed by atoms with Crippen LogP contribution in [0, 0.1) is 5.41 Å². The van der Waals surface area contributed by atoms with Crippen molar-refractivity contribution < 1.29 is 4.74 Å². The number of rotatable bonds is 6. The van der Waals surface area contributed by atoms with Crippen LogP contribution in [0.3, 0.4) is 0 Å². The van der Waals surface area contributed by atoms with Crippen LogP contribution >= 0.6 is 0 Å². The summed E-state index contributed by atoms with van der Waals surface area (Å²) in [5.41, 5.74) is 1.87. The molecule has 3 rings (SSSR count). The second-order valence-corrected chi connectivity index (χ2v) is 6.93. The lowest BCUT2D eigenvalue weighted by Gasteiger charge is -2.55. The van der Waals surface area contributed by atoms with E-state index in [4.69, 9.17) is 4.74 Å². The summed E-state index contributed by atoms with van der Waals surface area (Å²) in [6, 6.07) is 12.0. The van der Waals surface area contributed by atoms with Gasteiger partial charge in [-0.05, 0) is 45.1 Å². The van der Waals surface area contributed by atoms with Crippen LogP contribution in [0.2, 0.25) is 0 Å². The molecule has 2 nitrogen and oxygen atoms in total. The molecule has 3 atom stereocenters. The van der Waals surface area contributed by atoms with E-state index in [2.05, 4.69) is 49.5 Å². The van der Waals surface area contributed by atoms with Crippen LogP contribution in [0.25, 0.3) is 0 Å². The Labute approximate surface area is 129 Å². The van der Waals surface area contributed by atoms with Crippen molar-refractivity contribution in [2.24, 2.45) is 5.41 Å². The van der Waals surface area contributed by atoms with Crippen molar-refractivity contribution in [3.8, 4) is 0 Å². The van der Waals surface area contributed by atoms with Crippen molar-refractivity contribution in [1.82, 2.24) is 5.32 Å². The van der Waals surface area contributed by atoms with E-state index < -0.39 is 0 Å². The van der Waals surface area contributed by atoms with Crippen LogP contribution in [0.1, 0.15) is 51.5 Å². The van der Waals surface area contributed by atoms with Gasteiger partial charge in [0.05, 0.1) is 6.10 Å². The van der Waals surface area contributed by atoms with Crippen LogP contribution in [-0.4, -0.2) is 24.8 Å². The van der Waals surface area contributed by atoms with Gasteiger partial charge in [-0.1, -0.05) is 43.2 Å². The first-order chi connectivity index (χ1) is 10.2. The maximum Gasteiger partial charge on any atom is 0.0661 e. The molecule has 0 radical (unpaired) electrons. The van der Waals surface area contributed by atoms with E-state index in [-0.39, 0.29) is 0 Å². The molecule has 2 heteroatoms. The SMILES string of the molecule is CCOC1CC(NC(C)Cc2ccccc2)C12CCCC2. The summed E-state index contributed by atoms with van der Waals surface area (Å²) in [5, 5.41) is 3.91. The molecule has 2 fully saturated rings. The van der Waals surface area contributed by atoms with Gasteiger partial charge in [0.15, 0.2) is 0 Å². The summed E-state index contributed by atoms with van der Waals surface area (Å²) in [6.45, 7) is 5.31. The summed E-state index contributed by atoms with van der Waals surface area (Å²) in [6.07, 6.45) is 8.30. The highest BCUT2D eigenvalue weighted by molar-refractivity contribution is 5.16.